The lowest BCUT2D eigenvalue weighted by atomic mass is 9.70. The molecule has 0 amide bonds. The first-order chi connectivity index (χ1) is 8.18. The molecule has 102 valence electrons. The normalized spacial score (nSPS) is 47.1. The van der Waals surface area contributed by atoms with E-state index in [4.69, 9.17) is 4.74 Å². The van der Waals surface area contributed by atoms with E-state index in [1.54, 1.807) is 0 Å². The Morgan fingerprint density at radius 1 is 1.17 bits per heavy atom. The Morgan fingerprint density at radius 3 is 2.17 bits per heavy atom. The topological polar surface area (TPSA) is 26.3 Å². The Balaban J connectivity index is 1.71. The Morgan fingerprint density at radius 2 is 1.78 bits per heavy atom. The molecule has 3 rings (SSSR count). The summed E-state index contributed by atoms with van der Waals surface area (Å²) in [6, 6.07) is 0. The highest BCUT2D eigenvalue weighted by Crippen LogP contribution is 2.66. The molecule has 4 atom stereocenters. The SMILES string of the molecule is CC1(C)C[C@H]1C(=O)O[C@H]1C[C@H]2CC[C@@]1(C)C2(C)C. The van der Waals surface area contributed by atoms with E-state index in [2.05, 4.69) is 34.6 Å². The Hall–Kier alpha value is -0.530. The highest BCUT2D eigenvalue weighted by atomic mass is 16.5. The van der Waals surface area contributed by atoms with Gasteiger partial charge in [-0.15, -0.1) is 0 Å². The lowest BCUT2D eigenvalue weighted by molar-refractivity contribution is -0.159. The van der Waals surface area contributed by atoms with Gasteiger partial charge < -0.3 is 4.74 Å². The zero-order valence-corrected chi connectivity index (χ0v) is 12.4. The molecule has 0 spiro atoms. The molecule has 0 aromatic carbocycles. The van der Waals surface area contributed by atoms with Crippen molar-refractivity contribution in [2.45, 2.75) is 66.4 Å². The largest absolute Gasteiger partial charge is 0.462 e. The molecule has 0 N–H and O–H groups in total. The van der Waals surface area contributed by atoms with Crippen molar-refractivity contribution < 1.29 is 9.53 Å². The van der Waals surface area contributed by atoms with Gasteiger partial charge in [0.2, 0.25) is 0 Å². The maximum atomic E-state index is 12.2. The van der Waals surface area contributed by atoms with Crippen LogP contribution in [-0.2, 0) is 9.53 Å². The molecule has 0 unspecified atom stereocenters. The molecule has 0 heterocycles. The molecule has 2 nitrogen and oxygen atoms in total. The van der Waals surface area contributed by atoms with Crippen LogP contribution in [0.15, 0.2) is 0 Å². The number of rotatable bonds is 2. The molecule has 2 bridgehead atoms. The van der Waals surface area contributed by atoms with Gasteiger partial charge in [-0.1, -0.05) is 34.6 Å². The van der Waals surface area contributed by atoms with Gasteiger partial charge in [0.25, 0.3) is 0 Å². The van der Waals surface area contributed by atoms with Crippen LogP contribution in [0.25, 0.3) is 0 Å². The van der Waals surface area contributed by atoms with Crippen molar-refractivity contribution in [2.24, 2.45) is 28.1 Å². The molecule has 0 aromatic heterocycles. The molecule has 0 radical (unpaired) electrons. The Labute approximate surface area is 110 Å². The van der Waals surface area contributed by atoms with Gasteiger partial charge >= 0.3 is 5.97 Å². The minimum absolute atomic E-state index is 0.0644. The second-order valence-corrected chi connectivity index (χ2v) is 8.28. The summed E-state index contributed by atoms with van der Waals surface area (Å²) in [5.74, 6) is 0.963. The summed E-state index contributed by atoms with van der Waals surface area (Å²) in [6.07, 6.45) is 4.78. The highest BCUT2D eigenvalue weighted by molar-refractivity contribution is 5.77. The van der Waals surface area contributed by atoms with Gasteiger partial charge in [-0.05, 0) is 42.4 Å². The molecular weight excluding hydrogens is 224 g/mol. The van der Waals surface area contributed by atoms with E-state index in [1.807, 2.05) is 0 Å². The number of hydrogen-bond acceptors (Lipinski definition) is 2. The van der Waals surface area contributed by atoms with Crippen LogP contribution in [-0.4, -0.2) is 12.1 Å². The van der Waals surface area contributed by atoms with Crippen LogP contribution >= 0.6 is 0 Å². The van der Waals surface area contributed by atoms with Gasteiger partial charge in [-0.3, -0.25) is 4.79 Å². The van der Waals surface area contributed by atoms with Crippen LogP contribution in [0.4, 0.5) is 0 Å². The Kier molecular flexibility index (Phi) is 2.30. The van der Waals surface area contributed by atoms with Gasteiger partial charge in [0, 0.05) is 5.41 Å². The van der Waals surface area contributed by atoms with E-state index in [0.717, 1.165) is 18.8 Å². The van der Waals surface area contributed by atoms with Crippen molar-refractivity contribution in [3.8, 4) is 0 Å². The molecule has 0 aliphatic heterocycles. The fourth-order valence-corrected chi connectivity index (χ4v) is 4.40. The summed E-state index contributed by atoms with van der Waals surface area (Å²) in [5, 5.41) is 0. The van der Waals surface area contributed by atoms with Crippen LogP contribution in [0, 0.1) is 28.1 Å². The number of hydrogen-bond donors (Lipinski definition) is 0. The average Bonchev–Trinajstić information content (AvgIpc) is 2.78. The third-order valence-corrected chi connectivity index (χ3v) is 6.77. The van der Waals surface area contributed by atoms with Crippen molar-refractivity contribution in [2.75, 3.05) is 0 Å². The molecule has 0 aromatic rings. The van der Waals surface area contributed by atoms with E-state index in [0.29, 0.717) is 5.41 Å². The number of ether oxygens (including phenoxy) is 1. The zero-order chi connectivity index (χ0) is 13.3. The number of carbonyl (C=O) groups is 1. The molecule has 3 aliphatic carbocycles. The van der Waals surface area contributed by atoms with Crippen LogP contribution in [0.1, 0.15) is 60.3 Å². The quantitative estimate of drug-likeness (QED) is 0.697. The molecule has 3 saturated carbocycles. The molecule has 0 saturated heterocycles. The van der Waals surface area contributed by atoms with Crippen LogP contribution in [0.2, 0.25) is 0 Å². The monoisotopic (exact) mass is 250 g/mol. The number of carbonyl (C=O) groups excluding carboxylic acids is 1. The third-order valence-electron chi connectivity index (χ3n) is 6.77. The molecule has 3 fully saturated rings. The van der Waals surface area contributed by atoms with Crippen molar-refractivity contribution in [3.63, 3.8) is 0 Å². The van der Waals surface area contributed by atoms with Gasteiger partial charge in [0.05, 0.1) is 5.92 Å². The van der Waals surface area contributed by atoms with Crippen molar-refractivity contribution in [1.29, 1.82) is 0 Å². The first-order valence-corrected chi connectivity index (χ1v) is 7.39. The summed E-state index contributed by atoms with van der Waals surface area (Å²) in [4.78, 5) is 12.2. The maximum Gasteiger partial charge on any atom is 0.309 e. The number of esters is 1. The average molecular weight is 250 g/mol. The lowest BCUT2D eigenvalue weighted by Crippen LogP contribution is -2.38. The minimum Gasteiger partial charge on any atom is -0.462 e. The van der Waals surface area contributed by atoms with Gasteiger partial charge in [-0.25, -0.2) is 0 Å². The predicted molar refractivity (Wildman–Crippen MR) is 71.0 cm³/mol. The van der Waals surface area contributed by atoms with E-state index in [-0.39, 0.29) is 28.8 Å². The van der Waals surface area contributed by atoms with Crippen molar-refractivity contribution >= 4 is 5.97 Å². The second kappa shape index (κ2) is 3.32. The van der Waals surface area contributed by atoms with Gasteiger partial charge in [0.1, 0.15) is 6.10 Å². The minimum atomic E-state index is 0.0644. The standard InChI is InChI=1S/C16H26O2/c1-14(2)9-11(14)13(17)18-12-8-10-6-7-16(12,5)15(10,3)4/h10-12H,6-9H2,1-5H3/t10-,11+,12+,16-/m1/s1. The first kappa shape index (κ1) is 12.5. The van der Waals surface area contributed by atoms with Crippen LogP contribution < -0.4 is 0 Å². The summed E-state index contributed by atoms with van der Waals surface area (Å²) in [7, 11) is 0. The molecule has 18 heavy (non-hydrogen) atoms. The molecular formula is C16H26O2. The highest BCUT2D eigenvalue weighted by Gasteiger charge is 2.63. The molecule has 2 heteroatoms. The lowest BCUT2D eigenvalue weighted by Gasteiger charge is -2.38. The third kappa shape index (κ3) is 1.44. The Bertz CT molecular complexity index is 396. The van der Waals surface area contributed by atoms with E-state index in [1.165, 1.54) is 12.8 Å². The van der Waals surface area contributed by atoms with E-state index < -0.39 is 0 Å². The number of fused-ring (bicyclic) bond motifs is 2. The van der Waals surface area contributed by atoms with Gasteiger partial charge in [-0.2, -0.15) is 0 Å². The first-order valence-electron chi connectivity index (χ1n) is 7.39. The summed E-state index contributed by atoms with van der Waals surface area (Å²) >= 11 is 0. The summed E-state index contributed by atoms with van der Waals surface area (Å²) in [6.45, 7) is 11.4. The van der Waals surface area contributed by atoms with Crippen molar-refractivity contribution in [1.82, 2.24) is 0 Å². The fourth-order valence-electron chi connectivity index (χ4n) is 4.40. The van der Waals surface area contributed by atoms with E-state index >= 15 is 0 Å². The van der Waals surface area contributed by atoms with Crippen LogP contribution in [0.3, 0.4) is 0 Å². The fraction of sp³-hybridized carbons (Fsp3) is 0.938. The van der Waals surface area contributed by atoms with Crippen LogP contribution in [0.5, 0.6) is 0 Å². The second-order valence-electron chi connectivity index (χ2n) is 8.28. The zero-order valence-electron chi connectivity index (χ0n) is 12.4. The van der Waals surface area contributed by atoms with Crippen molar-refractivity contribution in [3.05, 3.63) is 0 Å². The maximum absolute atomic E-state index is 12.2. The smallest absolute Gasteiger partial charge is 0.309 e. The van der Waals surface area contributed by atoms with E-state index in [9.17, 15) is 4.79 Å². The van der Waals surface area contributed by atoms with Gasteiger partial charge in [0.15, 0.2) is 0 Å². The predicted octanol–water partition coefficient (Wildman–Crippen LogP) is 3.79. The molecule has 3 aliphatic rings. The summed E-state index contributed by atoms with van der Waals surface area (Å²) < 4.78 is 5.90. The summed E-state index contributed by atoms with van der Waals surface area (Å²) in [5.41, 5.74) is 0.717.